The standard InChI is InChI=1S/C11H18N4O3/c1-8-7-18-9(2)5-14(8)3-4-15-6-10(11(16)17)12-13-15/h6,8-9H,3-5,7H2,1-2H3,(H,16,17). The van der Waals surface area contributed by atoms with Gasteiger partial charge in [-0.2, -0.15) is 0 Å². The highest BCUT2D eigenvalue weighted by Gasteiger charge is 2.23. The molecule has 1 aliphatic rings. The second-order valence-electron chi connectivity index (χ2n) is 4.66. The highest BCUT2D eigenvalue weighted by atomic mass is 16.5. The second kappa shape index (κ2) is 5.45. The third-order valence-electron chi connectivity index (χ3n) is 3.11. The molecule has 1 fully saturated rings. The molecular weight excluding hydrogens is 236 g/mol. The van der Waals surface area contributed by atoms with Crippen LogP contribution in [0, 0.1) is 0 Å². The van der Waals surface area contributed by atoms with Gasteiger partial charge >= 0.3 is 5.97 Å². The third-order valence-corrected chi connectivity index (χ3v) is 3.11. The average molecular weight is 254 g/mol. The summed E-state index contributed by atoms with van der Waals surface area (Å²) in [4.78, 5) is 13.0. The number of aromatic nitrogens is 3. The number of hydrogen-bond acceptors (Lipinski definition) is 5. The van der Waals surface area contributed by atoms with E-state index in [-0.39, 0.29) is 11.8 Å². The first kappa shape index (κ1) is 13.0. The van der Waals surface area contributed by atoms with Crippen molar-refractivity contribution in [2.45, 2.75) is 32.5 Å². The van der Waals surface area contributed by atoms with E-state index in [1.54, 1.807) is 4.68 Å². The Kier molecular flexibility index (Phi) is 3.93. The molecule has 0 spiro atoms. The van der Waals surface area contributed by atoms with Gasteiger partial charge in [-0.3, -0.25) is 9.58 Å². The van der Waals surface area contributed by atoms with Crippen molar-refractivity contribution in [3.05, 3.63) is 11.9 Å². The lowest BCUT2D eigenvalue weighted by Crippen LogP contribution is -2.48. The van der Waals surface area contributed by atoms with Crippen LogP contribution in [-0.4, -0.2) is 62.8 Å². The molecule has 2 rings (SSSR count). The molecule has 7 heteroatoms. The highest BCUT2D eigenvalue weighted by molar-refractivity contribution is 5.84. The summed E-state index contributed by atoms with van der Waals surface area (Å²) in [6.45, 7) is 7.25. The van der Waals surface area contributed by atoms with Crippen LogP contribution < -0.4 is 0 Å². The van der Waals surface area contributed by atoms with Crippen LogP contribution in [0.15, 0.2) is 6.20 Å². The maximum Gasteiger partial charge on any atom is 0.358 e. The van der Waals surface area contributed by atoms with Gasteiger partial charge in [0.2, 0.25) is 0 Å². The zero-order valence-corrected chi connectivity index (χ0v) is 10.6. The largest absolute Gasteiger partial charge is 0.476 e. The van der Waals surface area contributed by atoms with Crippen molar-refractivity contribution in [2.24, 2.45) is 0 Å². The van der Waals surface area contributed by atoms with E-state index >= 15 is 0 Å². The van der Waals surface area contributed by atoms with E-state index in [0.29, 0.717) is 12.6 Å². The van der Waals surface area contributed by atoms with E-state index in [9.17, 15) is 4.79 Å². The summed E-state index contributed by atoms with van der Waals surface area (Å²) in [7, 11) is 0. The number of carbonyl (C=O) groups is 1. The molecule has 1 saturated heterocycles. The Labute approximate surface area is 105 Å². The predicted molar refractivity (Wildman–Crippen MR) is 63.4 cm³/mol. The Morgan fingerprint density at radius 3 is 3.00 bits per heavy atom. The highest BCUT2D eigenvalue weighted by Crippen LogP contribution is 2.10. The van der Waals surface area contributed by atoms with Gasteiger partial charge < -0.3 is 9.84 Å². The van der Waals surface area contributed by atoms with Crippen molar-refractivity contribution in [1.82, 2.24) is 19.9 Å². The first-order chi connectivity index (χ1) is 8.56. The summed E-state index contributed by atoms with van der Waals surface area (Å²) in [6, 6.07) is 0.378. The van der Waals surface area contributed by atoms with Gasteiger partial charge in [0.15, 0.2) is 5.69 Å². The van der Waals surface area contributed by atoms with E-state index in [4.69, 9.17) is 9.84 Å². The van der Waals surface area contributed by atoms with Crippen molar-refractivity contribution in [3.63, 3.8) is 0 Å². The zero-order valence-electron chi connectivity index (χ0n) is 10.6. The maximum absolute atomic E-state index is 10.7. The fraction of sp³-hybridized carbons (Fsp3) is 0.727. The van der Waals surface area contributed by atoms with Crippen molar-refractivity contribution in [2.75, 3.05) is 19.7 Å². The van der Waals surface area contributed by atoms with Gasteiger partial charge in [-0.25, -0.2) is 4.79 Å². The Bertz CT molecular complexity index is 420. The van der Waals surface area contributed by atoms with E-state index in [1.165, 1.54) is 6.20 Å². The normalized spacial score (nSPS) is 25.2. The van der Waals surface area contributed by atoms with Crippen molar-refractivity contribution >= 4 is 5.97 Å². The smallest absolute Gasteiger partial charge is 0.358 e. The minimum Gasteiger partial charge on any atom is -0.476 e. The molecule has 1 N–H and O–H groups in total. The Morgan fingerprint density at radius 1 is 1.56 bits per heavy atom. The van der Waals surface area contributed by atoms with Crippen LogP contribution in [0.1, 0.15) is 24.3 Å². The number of aromatic carboxylic acids is 1. The maximum atomic E-state index is 10.7. The second-order valence-corrected chi connectivity index (χ2v) is 4.66. The van der Waals surface area contributed by atoms with Crippen LogP contribution in [0.5, 0.6) is 0 Å². The van der Waals surface area contributed by atoms with Gasteiger partial charge in [-0.05, 0) is 13.8 Å². The molecule has 2 atom stereocenters. The topological polar surface area (TPSA) is 80.5 Å². The molecular formula is C11H18N4O3. The lowest BCUT2D eigenvalue weighted by Gasteiger charge is -2.36. The molecule has 2 heterocycles. The molecule has 0 aromatic carbocycles. The average Bonchev–Trinajstić information content (AvgIpc) is 2.79. The predicted octanol–water partition coefficient (Wildman–Crippen LogP) is 0.0855. The van der Waals surface area contributed by atoms with E-state index < -0.39 is 5.97 Å². The lowest BCUT2D eigenvalue weighted by molar-refractivity contribution is -0.0504. The fourth-order valence-electron chi connectivity index (χ4n) is 2.02. The van der Waals surface area contributed by atoms with Crippen LogP contribution in [0.4, 0.5) is 0 Å². The first-order valence-electron chi connectivity index (χ1n) is 6.05. The summed E-state index contributed by atoms with van der Waals surface area (Å²) in [5.74, 6) is -1.05. The fourth-order valence-corrected chi connectivity index (χ4v) is 2.02. The monoisotopic (exact) mass is 254 g/mol. The van der Waals surface area contributed by atoms with Crippen LogP contribution in [0.3, 0.4) is 0 Å². The number of hydrogen-bond donors (Lipinski definition) is 1. The Hall–Kier alpha value is -1.47. The summed E-state index contributed by atoms with van der Waals surface area (Å²) >= 11 is 0. The van der Waals surface area contributed by atoms with Gasteiger partial charge in [0.05, 0.1) is 25.5 Å². The van der Waals surface area contributed by atoms with Gasteiger partial charge in [-0.1, -0.05) is 5.21 Å². The number of morpholine rings is 1. The van der Waals surface area contributed by atoms with Crippen molar-refractivity contribution < 1.29 is 14.6 Å². The van der Waals surface area contributed by atoms with Gasteiger partial charge in [-0.15, -0.1) is 5.10 Å². The van der Waals surface area contributed by atoms with Crippen molar-refractivity contribution in [1.29, 1.82) is 0 Å². The SMILES string of the molecule is CC1CN(CCn2cc(C(=O)O)nn2)C(C)CO1. The molecule has 18 heavy (non-hydrogen) atoms. The van der Waals surface area contributed by atoms with E-state index in [0.717, 1.165) is 19.7 Å². The van der Waals surface area contributed by atoms with Gasteiger partial charge in [0.1, 0.15) is 0 Å². The molecule has 1 aromatic heterocycles. The van der Waals surface area contributed by atoms with E-state index in [1.807, 2.05) is 0 Å². The lowest BCUT2D eigenvalue weighted by atomic mass is 10.2. The number of carboxylic acids is 1. The third kappa shape index (κ3) is 3.05. The van der Waals surface area contributed by atoms with Gasteiger partial charge in [0.25, 0.3) is 0 Å². The van der Waals surface area contributed by atoms with Crippen molar-refractivity contribution in [3.8, 4) is 0 Å². The Balaban J connectivity index is 1.88. The minimum atomic E-state index is -1.05. The Morgan fingerprint density at radius 2 is 2.33 bits per heavy atom. The first-order valence-corrected chi connectivity index (χ1v) is 6.05. The summed E-state index contributed by atoms with van der Waals surface area (Å²) in [5.41, 5.74) is -0.0154. The number of carboxylic acid groups (broad SMARTS) is 1. The molecule has 2 unspecified atom stereocenters. The minimum absolute atomic E-state index is 0.0154. The van der Waals surface area contributed by atoms with Crippen LogP contribution in [0.25, 0.3) is 0 Å². The van der Waals surface area contributed by atoms with E-state index in [2.05, 4.69) is 29.1 Å². The van der Waals surface area contributed by atoms with Crippen LogP contribution in [-0.2, 0) is 11.3 Å². The molecule has 0 bridgehead atoms. The number of nitrogens with zero attached hydrogens (tertiary/aromatic N) is 4. The number of ether oxygens (including phenoxy) is 1. The summed E-state index contributed by atoms with van der Waals surface area (Å²) in [5, 5.41) is 16.1. The summed E-state index contributed by atoms with van der Waals surface area (Å²) in [6.07, 6.45) is 1.70. The van der Waals surface area contributed by atoms with Crippen LogP contribution >= 0.6 is 0 Å². The quantitative estimate of drug-likeness (QED) is 0.820. The van der Waals surface area contributed by atoms with Crippen LogP contribution in [0.2, 0.25) is 0 Å². The molecule has 1 aliphatic heterocycles. The molecule has 1 aromatic rings. The molecule has 7 nitrogen and oxygen atoms in total. The molecule has 0 radical (unpaired) electrons. The number of rotatable bonds is 4. The molecule has 0 amide bonds. The zero-order chi connectivity index (χ0) is 13.1. The molecule has 0 aliphatic carbocycles. The van der Waals surface area contributed by atoms with Gasteiger partial charge in [0, 0.05) is 19.1 Å². The summed E-state index contributed by atoms with van der Waals surface area (Å²) < 4.78 is 7.12. The molecule has 0 saturated carbocycles. The molecule has 100 valence electrons.